The van der Waals surface area contributed by atoms with E-state index in [0.717, 1.165) is 4.90 Å². The Balaban J connectivity index is 1.55. The number of hydrogen-bond acceptors (Lipinski definition) is 6. The Morgan fingerprint density at radius 2 is 1.88 bits per heavy atom. The summed E-state index contributed by atoms with van der Waals surface area (Å²) in [5.41, 5.74) is 0.692. The van der Waals surface area contributed by atoms with Gasteiger partial charge in [0.05, 0.1) is 19.6 Å². The maximum absolute atomic E-state index is 13.9. The highest BCUT2D eigenvalue weighted by Crippen LogP contribution is 2.22. The molecule has 1 aliphatic heterocycles. The monoisotopic (exact) mass is 476 g/mol. The third-order valence-electron chi connectivity index (χ3n) is 5.57. The van der Waals surface area contributed by atoms with Gasteiger partial charge in [0.2, 0.25) is 5.91 Å². The lowest BCUT2D eigenvalue weighted by molar-refractivity contribution is -0.157. The number of rotatable bonds is 8. The van der Waals surface area contributed by atoms with Gasteiger partial charge in [-0.15, -0.1) is 0 Å². The van der Waals surface area contributed by atoms with Gasteiger partial charge in [0.25, 0.3) is 5.91 Å². The van der Waals surface area contributed by atoms with Crippen LogP contribution in [0.25, 0.3) is 0 Å². The Kier molecular flexibility index (Phi) is 8.17. The van der Waals surface area contributed by atoms with Gasteiger partial charge in [0, 0.05) is 26.6 Å². The molecule has 182 valence electrons. The lowest BCUT2D eigenvalue weighted by atomic mass is 10.1. The first kappa shape index (κ1) is 25.1. The van der Waals surface area contributed by atoms with Crippen molar-refractivity contribution in [3.63, 3.8) is 0 Å². The number of nitrogens with zero attached hydrogens (tertiary/aromatic N) is 2. The average molecular weight is 476 g/mol. The average Bonchev–Trinajstić information content (AvgIpc) is 3.20. The molecule has 8 nitrogen and oxygen atoms in total. The minimum absolute atomic E-state index is 0.0446. The zero-order valence-corrected chi connectivity index (χ0v) is 18.9. The van der Waals surface area contributed by atoms with Gasteiger partial charge >= 0.3 is 5.97 Å². The van der Waals surface area contributed by atoms with Crippen LogP contribution in [-0.2, 0) is 32.1 Å². The molecular formula is C24H26F2N2O6. The molecule has 1 heterocycles. The van der Waals surface area contributed by atoms with Crippen LogP contribution in [0.2, 0.25) is 0 Å². The van der Waals surface area contributed by atoms with Crippen LogP contribution >= 0.6 is 0 Å². The number of carbonyl (C=O) groups excluding carboxylic acids is 3. The first-order chi connectivity index (χ1) is 16.2. The number of β-amino-alcohol motifs (C(OH)–C–C–N with tert-alkyl or cyclic N) is 1. The number of aliphatic hydroxyl groups is 1. The summed E-state index contributed by atoms with van der Waals surface area (Å²) >= 11 is 0. The predicted octanol–water partition coefficient (Wildman–Crippen LogP) is 1.68. The van der Waals surface area contributed by atoms with Crippen LogP contribution in [0.15, 0.2) is 42.5 Å². The summed E-state index contributed by atoms with van der Waals surface area (Å²) in [7, 11) is 2.82. The van der Waals surface area contributed by atoms with Crippen LogP contribution in [-0.4, -0.2) is 72.1 Å². The van der Waals surface area contributed by atoms with Crippen molar-refractivity contribution in [1.29, 1.82) is 0 Å². The molecule has 34 heavy (non-hydrogen) atoms. The number of ether oxygens (including phenoxy) is 2. The van der Waals surface area contributed by atoms with Crippen molar-refractivity contribution in [1.82, 2.24) is 9.80 Å². The molecule has 2 atom stereocenters. The van der Waals surface area contributed by atoms with Crippen LogP contribution in [0.3, 0.4) is 0 Å². The number of aliphatic hydroxyl groups excluding tert-OH is 1. The van der Waals surface area contributed by atoms with Gasteiger partial charge in [-0.2, -0.15) is 0 Å². The van der Waals surface area contributed by atoms with E-state index in [9.17, 15) is 28.3 Å². The zero-order valence-electron chi connectivity index (χ0n) is 18.9. The number of carbonyl (C=O) groups is 3. The Labute approximate surface area is 195 Å². The van der Waals surface area contributed by atoms with Gasteiger partial charge in [0.1, 0.15) is 11.9 Å². The molecule has 1 saturated heterocycles. The van der Waals surface area contributed by atoms with Gasteiger partial charge in [0.15, 0.2) is 18.2 Å². The number of benzene rings is 2. The summed E-state index contributed by atoms with van der Waals surface area (Å²) in [5.74, 6) is -2.93. The van der Waals surface area contributed by atoms with Crippen LogP contribution in [0.1, 0.15) is 17.5 Å². The van der Waals surface area contributed by atoms with Crippen LogP contribution in [0, 0.1) is 11.6 Å². The fourth-order valence-corrected chi connectivity index (χ4v) is 3.73. The van der Waals surface area contributed by atoms with Crippen molar-refractivity contribution in [3.05, 3.63) is 65.2 Å². The zero-order chi connectivity index (χ0) is 24.8. The predicted molar refractivity (Wildman–Crippen MR) is 117 cm³/mol. The SMILES string of the molecule is COc1ccc(CN(C)C(=O)COC(=O)C2CC(O)CN2C(=O)Cc2ccccc2F)cc1F. The smallest absolute Gasteiger partial charge is 0.329 e. The normalized spacial score (nSPS) is 17.4. The molecule has 1 aliphatic rings. The molecule has 2 unspecified atom stereocenters. The summed E-state index contributed by atoms with van der Waals surface area (Å²) in [6.45, 7) is -0.605. The standard InChI is InChI=1S/C24H26F2N2O6/c1-27(12-15-7-8-21(33-2)19(26)9-15)23(31)14-34-24(32)20-11-17(29)13-28(20)22(30)10-16-5-3-4-6-18(16)25/h3-9,17,20,29H,10-14H2,1-2H3. The Hall–Kier alpha value is -3.53. The van der Waals surface area contributed by atoms with E-state index in [0.29, 0.717) is 5.56 Å². The van der Waals surface area contributed by atoms with E-state index in [4.69, 9.17) is 9.47 Å². The lowest BCUT2D eigenvalue weighted by Crippen LogP contribution is -2.43. The third-order valence-corrected chi connectivity index (χ3v) is 5.57. The van der Waals surface area contributed by atoms with E-state index in [1.165, 1.54) is 49.4 Å². The minimum atomic E-state index is -1.08. The van der Waals surface area contributed by atoms with Gasteiger partial charge in [-0.3, -0.25) is 9.59 Å². The van der Waals surface area contributed by atoms with Gasteiger partial charge in [-0.1, -0.05) is 24.3 Å². The van der Waals surface area contributed by atoms with E-state index >= 15 is 0 Å². The first-order valence-electron chi connectivity index (χ1n) is 10.6. The molecule has 3 rings (SSSR count). The first-order valence-corrected chi connectivity index (χ1v) is 10.6. The summed E-state index contributed by atoms with van der Waals surface area (Å²) in [5, 5.41) is 9.99. The second kappa shape index (κ2) is 11.1. The topological polar surface area (TPSA) is 96.4 Å². The fourth-order valence-electron chi connectivity index (χ4n) is 3.73. The molecule has 1 N–H and O–H groups in total. The van der Waals surface area contributed by atoms with Crippen molar-refractivity contribution in [2.75, 3.05) is 27.3 Å². The number of hydrogen-bond donors (Lipinski definition) is 1. The minimum Gasteiger partial charge on any atom is -0.494 e. The van der Waals surface area contributed by atoms with Crippen molar-refractivity contribution in [2.24, 2.45) is 0 Å². The Morgan fingerprint density at radius 3 is 2.56 bits per heavy atom. The van der Waals surface area contributed by atoms with Crippen LogP contribution in [0.5, 0.6) is 5.75 Å². The van der Waals surface area contributed by atoms with E-state index in [2.05, 4.69) is 0 Å². The number of likely N-dealkylation sites (tertiary alicyclic amines) is 1. The number of methoxy groups -OCH3 is 1. The largest absolute Gasteiger partial charge is 0.494 e. The molecule has 2 aromatic rings. The van der Waals surface area contributed by atoms with Crippen molar-refractivity contribution < 1.29 is 37.7 Å². The second-order valence-corrected chi connectivity index (χ2v) is 8.05. The van der Waals surface area contributed by atoms with E-state index in [-0.39, 0.29) is 37.2 Å². The highest BCUT2D eigenvalue weighted by molar-refractivity contribution is 5.88. The van der Waals surface area contributed by atoms with Gasteiger partial charge in [-0.25, -0.2) is 13.6 Å². The number of likely N-dealkylation sites (N-methyl/N-ethyl adjacent to an activating group) is 1. The van der Waals surface area contributed by atoms with E-state index < -0.39 is 48.2 Å². The molecule has 0 aromatic heterocycles. The fraction of sp³-hybridized carbons (Fsp3) is 0.375. The number of amides is 2. The third kappa shape index (κ3) is 6.07. The van der Waals surface area contributed by atoms with E-state index in [1.807, 2.05) is 0 Å². The van der Waals surface area contributed by atoms with Crippen molar-refractivity contribution in [2.45, 2.75) is 31.5 Å². The molecule has 0 aliphatic carbocycles. The van der Waals surface area contributed by atoms with Crippen molar-refractivity contribution >= 4 is 17.8 Å². The number of esters is 1. The highest BCUT2D eigenvalue weighted by Gasteiger charge is 2.40. The molecule has 0 saturated carbocycles. The lowest BCUT2D eigenvalue weighted by Gasteiger charge is -2.24. The molecule has 10 heteroatoms. The Morgan fingerprint density at radius 1 is 1.15 bits per heavy atom. The second-order valence-electron chi connectivity index (χ2n) is 8.05. The van der Waals surface area contributed by atoms with Crippen molar-refractivity contribution in [3.8, 4) is 5.75 Å². The maximum Gasteiger partial charge on any atom is 0.329 e. The maximum atomic E-state index is 13.9. The molecule has 1 fully saturated rings. The highest BCUT2D eigenvalue weighted by atomic mass is 19.1. The molecule has 0 bridgehead atoms. The molecular weight excluding hydrogens is 450 g/mol. The molecule has 2 aromatic carbocycles. The Bertz CT molecular complexity index is 1060. The molecule has 0 radical (unpaired) electrons. The summed E-state index contributed by atoms with van der Waals surface area (Å²) < 4.78 is 37.7. The molecule has 0 spiro atoms. The molecule has 2 amide bonds. The summed E-state index contributed by atoms with van der Waals surface area (Å²) in [6.07, 6.45) is -1.26. The van der Waals surface area contributed by atoms with Gasteiger partial charge in [-0.05, 0) is 29.3 Å². The number of halogens is 2. The van der Waals surface area contributed by atoms with Crippen LogP contribution < -0.4 is 4.74 Å². The summed E-state index contributed by atoms with van der Waals surface area (Å²) in [6, 6.07) is 9.02. The van der Waals surface area contributed by atoms with Gasteiger partial charge < -0.3 is 24.4 Å². The van der Waals surface area contributed by atoms with E-state index in [1.54, 1.807) is 12.1 Å². The summed E-state index contributed by atoms with van der Waals surface area (Å²) in [4.78, 5) is 40.1. The quantitative estimate of drug-likeness (QED) is 0.583. The van der Waals surface area contributed by atoms with Crippen LogP contribution in [0.4, 0.5) is 8.78 Å².